The minimum atomic E-state index is -0.721. The molecule has 0 radical (unpaired) electrons. The maximum atomic E-state index is 11.4. The van der Waals surface area contributed by atoms with E-state index < -0.39 is 12.0 Å². The molecule has 3 nitrogen and oxygen atoms in total. The summed E-state index contributed by atoms with van der Waals surface area (Å²) in [6, 6.07) is 9.71. The standard InChI is InChI=1S/C15H23NO2/c1-4-16(5-2)14(15(17)18)11-12(3)13-9-7-6-8-10-13/h6-10,12,14H,4-5,11H2,1-3H3,(H,17,18). The number of benzene rings is 1. The number of likely N-dealkylation sites (N-methyl/N-ethyl adjacent to an activating group) is 1. The predicted octanol–water partition coefficient (Wildman–Crippen LogP) is 2.98. The molecule has 0 aliphatic rings. The molecule has 0 fully saturated rings. The highest BCUT2D eigenvalue weighted by molar-refractivity contribution is 5.73. The zero-order valence-corrected chi connectivity index (χ0v) is 11.5. The largest absolute Gasteiger partial charge is 0.480 e. The number of nitrogens with zero attached hydrogens (tertiary/aromatic N) is 1. The summed E-state index contributed by atoms with van der Waals surface area (Å²) >= 11 is 0. The topological polar surface area (TPSA) is 40.5 Å². The first kappa shape index (κ1) is 14.7. The smallest absolute Gasteiger partial charge is 0.320 e. The van der Waals surface area contributed by atoms with Crippen molar-refractivity contribution >= 4 is 5.97 Å². The summed E-state index contributed by atoms with van der Waals surface area (Å²) in [7, 11) is 0. The molecule has 0 heterocycles. The molecule has 0 bridgehead atoms. The number of hydrogen-bond donors (Lipinski definition) is 1. The molecule has 100 valence electrons. The lowest BCUT2D eigenvalue weighted by Crippen LogP contribution is -2.41. The molecule has 0 saturated carbocycles. The van der Waals surface area contributed by atoms with Crippen LogP contribution >= 0.6 is 0 Å². The summed E-state index contributed by atoms with van der Waals surface area (Å²) in [6.45, 7) is 7.65. The molecule has 3 heteroatoms. The van der Waals surface area contributed by atoms with E-state index in [1.165, 1.54) is 5.56 Å². The van der Waals surface area contributed by atoms with Crippen molar-refractivity contribution in [3.8, 4) is 0 Å². The highest BCUT2D eigenvalue weighted by Gasteiger charge is 2.25. The van der Waals surface area contributed by atoms with Crippen LogP contribution in [0.3, 0.4) is 0 Å². The molecule has 0 spiro atoms. The average Bonchev–Trinajstić information content (AvgIpc) is 2.39. The van der Waals surface area contributed by atoms with Crippen LogP contribution in [0.15, 0.2) is 30.3 Å². The Hall–Kier alpha value is -1.35. The van der Waals surface area contributed by atoms with Gasteiger partial charge in [-0.3, -0.25) is 9.69 Å². The molecule has 0 aliphatic carbocycles. The highest BCUT2D eigenvalue weighted by Crippen LogP contribution is 2.22. The maximum Gasteiger partial charge on any atom is 0.320 e. The van der Waals surface area contributed by atoms with Crippen molar-refractivity contribution in [1.29, 1.82) is 0 Å². The van der Waals surface area contributed by atoms with E-state index in [4.69, 9.17) is 0 Å². The molecule has 0 amide bonds. The second-order valence-electron chi connectivity index (χ2n) is 4.62. The van der Waals surface area contributed by atoms with Crippen molar-refractivity contribution in [2.24, 2.45) is 0 Å². The summed E-state index contributed by atoms with van der Waals surface area (Å²) in [6.07, 6.45) is 0.654. The first-order valence-corrected chi connectivity index (χ1v) is 6.61. The van der Waals surface area contributed by atoms with Gasteiger partial charge in [0.25, 0.3) is 0 Å². The molecule has 0 aromatic heterocycles. The fourth-order valence-electron chi connectivity index (χ4n) is 2.32. The highest BCUT2D eigenvalue weighted by atomic mass is 16.4. The maximum absolute atomic E-state index is 11.4. The Balaban J connectivity index is 2.75. The van der Waals surface area contributed by atoms with Crippen molar-refractivity contribution in [2.75, 3.05) is 13.1 Å². The molecule has 18 heavy (non-hydrogen) atoms. The van der Waals surface area contributed by atoms with E-state index in [2.05, 4.69) is 19.1 Å². The van der Waals surface area contributed by atoms with Crippen molar-refractivity contribution in [3.63, 3.8) is 0 Å². The lowest BCUT2D eigenvalue weighted by molar-refractivity contribution is -0.143. The normalized spacial score (nSPS) is 14.4. The number of aliphatic carboxylic acids is 1. The summed E-state index contributed by atoms with van der Waals surface area (Å²) in [4.78, 5) is 13.4. The molecule has 1 aromatic carbocycles. The second kappa shape index (κ2) is 7.17. The van der Waals surface area contributed by atoms with Crippen LogP contribution in [0.1, 0.15) is 38.7 Å². The monoisotopic (exact) mass is 249 g/mol. The van der Waals surface area contributed by atoms with Gasteiger partial charge in [0.15, 0.2) is 0 Å². The van der Waals surface area contributed by atoms with E-state index in [0.717, 1.165) is 13.1 Å². The summed E-state index contributed by atoms with van der Waals surface area (Å²) in [5.74, 6) is -0.464. The first-order valence-electron chi connectivity index (χ1n) is 6.61. The van der Waals surface area contributed by atoms with E-state index in [9.17, 15) is 9.90 Å². The van der Waals surface area contributed by atoms with E-state index in [-0.39, 0.29) is 5.92 Å². The lowest BCUT2D eigenvalue weighted by atomic mass is 9.93. The van der Waals surface area contributed by atoms with E-state index >= 15 is 0 Å². The van der Waals surface area contributed by atoms with Crippen LogP contribution in [-0.2, 0) is 4.79 Å². The quantitative estimate of drug-likeness (QED) is 0.807. The Morgan fingerprint density at radius 2 is 1.78 bits per heavy atom. The second-order valence-corrected chi connectivity index (χ2v) is 4.62. The number of carbonyl (C=O) groups is 1. The summed E-state index contributed by atoms with van der Waals surface area (Å²) in [5.41, 5.74) is 1.20. The van der Waals surface area contributed by atoms with Crippen LogP contribution in [0.4, 0.5) is 0 Å². The predicted molar refractivity (Wildman–Crippen MR) is 73.8 cm³/mol. The molecular weight excluding hydrogens is 226 g/mol. The zero-order chi connectivity index (χ0) is 13.5. The van der Waals surface area contributed by atoms with Crippen molar-refractivity contribution in [2.45, 2.75) is 39.2 Å². The molecule has 1 N–H and O–H groups in total. The van der Waals surface area contributed by atoms with Gasteiger partial charge in [-0.1, -0.05) is 51.1 Å². The van der Waals surface area contributed by atoms with E-state index in [1.54, 1.807) is 0 Å². The Morgan fingerprint density at radius 1 is 1.22 bits per heavy atom. The fourth-order valence-corrected chi connectivity index (χ4v) is 2.32. The van der Waals surface area contributed by atoms with Crippen molar-refractivity contribution in [3.05, 3.63) is 35.9 Å². The van der Waals surface area contributed by atoms with Crippen LogP contribution in [0, 0.1) is 0 Å². The molecule has 1 rings (SSSR count). The number of carboxylic acid groups (broad SMARTS) is 1. The van der Waals surface area contributed by atoms with Gasteiger partial charge in [-0.2, -0.15) is 0 Å². The summed E-state index contributed by atoms with van der Waals surface area (Å²) < 4.78 is 0. The van der Waals surface area contributed by atoms with Crippen molar-refractivity contribution < 1.29 is 9.90 Å². The van der Waals surface area contributed by atoms with Crippen LogP contribution in [0.25, 0.3) is 0 Å². The van der Waals surface area contributed by atoms with Gasteiger partial charge < -0.3 is 5.11 Å². The number of carboxylic acids is 1. The molecule has 2 unspecified atom stereocenters. The minimum absolute atomic E-state index is 0.257. The van der Waals surface area contributed by atoms with Gasteiger partial charge in [0.05, 0.1) is 0 Å². The molecule has 1 aromatic rings. The Bertz CT molecular complexity index is 360. The minimum Gasteiger partial charge on any atom is -0.480 e. The fraction of sp³-hybridized carbons (Fsp3) is 0.533. The molecule has 2 atom stereocenters. The number of hydrogen-bond acceptors (Lipinski definition) is 2. The molecule has 0 aliphatic heterocycles. The summed E-state index contributed by atoms with van der Waals surface area (Å²) in [5, 5.41) is 9.36. The van der Waals surface area contributed by atoms with E-state index in [0.29, 0.717) is 6.42 Å². The van der Waals surface area contributed by atoms with Gasteiger partial charge in [0.2, 0.25) is 0 Å². The number of rotatable bonds is 7. The molecular formula is C15H23NO2. The third kappa shape index (κ3) is 3.84. The van der Waals surface area contributed by atoms with Gasteiger partial charge in [-0.25, -0.2) is 0 Å². The SMILES string of the molecule is CCN(CC)C(CC(C)c1ccccc1)C(=O)O. The van der Waals surface area contributed by atoms with Crippen LogP contribution in [0.5, 0.6) is 0 Å². The molecule has 0 saturated heterocycles. The Morgan fingerprint density at radius 3 is 2.22 bits per heavy atom. The van der Waals surface area contributed by atoms with Gasteiger partial charge in [0, 0.05) is 0 Å². The third-order valence-corrected chi connectivity index (χ3v) is 3.48. The third-order valence-electron chi connectivity index (χ3n) is 3.48. The van der Waals surface area contributed by atoms with Crippen LogP contribution < -0.4 is 0 Å². The zero-order valence-electron chi connectivity index (χ0n) is 11.5. The lowest BCUT2D eigenvalue weighted by Gasteiger charge is -2.28. The average molecular weight is 249 g/mol. The van der Waals surface area contributed by atoms with E-state index in [1.807, 2.05) is 36.9 Å². The Kier molecular flexibility index (Phi) is 5.86. The van der Waals surface area contributed by atoms with Gasteiger partial charge in [-0.15, -0.1) is 0 Å². The van der Waals surface area contributed by atoms with Gasteiger partial charge in [-0.05, 0) is 31.0 Å². The van der Waals surface area contributed by atoms with Crippen LogP contribution in [0.2, 0.25) is 0 Å². The van der Waals surface area contributed by atoms with Gasteiger partial charge >= 0.3 is 5.97 Å². The van der Waals surface area contributed by atoms with Gasteiger partial charge in [0.1, 0.15) is 6.04 Å². The first-order chi connectivity index (χ1) is 8.60. The van der Waals surface area contributed by atoms with Crippen LogP contribution in [-0.4, -0.2) is 35.1 Å². The van der Waals surface area contributed by atoms with Crippen molar-refractivity contribution in [1.82, 2.24) is 4.90 Å². The Labute approximate surface area is 109 Å².